The molecule has 1 aromatic carbocycles. The molecule has 1 fully saturated rings. The highest BCUT2D eigenvalue weighted by Crippen LogP contribution is 2.34. The van der Waals surface area contributed by atoms with Crippen molar-refractivity contribution in [3.8, 4) is 5.75 Å². The molecule has 1 aliphatic rings. The van der Waals surface area contributed by atoms with Gasteiger partial charge in [0.05, 0.1) is 7.11 Å². The predicted molar refractivity (Wildman–Crippen MR) is 81.1 cm³/mol. The lowest BCUT2D eigenvalue weighted by molar-refractivity contribution is 0.334. The van der Waals surface area contributed by atoms with E-state index in [0.29, 0.717) is 11.8 Å². The third kappa shape index (κ3) is 3.30. The van der Waals surface area contributed by atoms with Gasteiger partial charge in [0.15, 0.2) is 0 Å². The summed E-state index contributed by atoms with van der Waals surface area (Å²) in [6, 6.07) is 6.73. The highest BCUT2D eigenvalue weighted by Gasteiger charge is 2.22. The van der Waals surface area contributed by atoms with E-state index in [1.165, 1.54) is 30.5 Å². The Morgan fingerprint density at radius 1 is 1.26 bits per heavy atom. The molecule has 19 heavy (non-hydrogen) atoms. The molecule has 106 valence electrons. The largest absolute Gasteiger partial charge is 0.496 e. The van der Waals surface area contributed by atoms with Crippen molar-refractivity contribution < 1.29 is 4.74 Å². The average Bonchev–Trinajstić information content (AvgIpc) is 2.46. The molecule has 0 bridgehead atoms. The monoisotopic (exact) mass is 261 g/mol. The summed E-state index contributed by atoms with van der Waals surface area (Å²) in [5, 5.41) is 3.52. The molecule has 0 spiro atoms. The Labute approximate surface area is 117 Å². The maximum Gasteiger partial charge on any atom is 0.122 e. The topological polar surface area (TPSA) is 21.3 Å². The first-order chi connectivity index (χ1) is 9.13. The van der Waals surface area contributed by atoms with Gasteiger partial charge in [-0.2, -0.15) is 0 Å². The Balaban J connectivity index is 2.21. The lowest BCUT2D eigenvalue weighted by atomic mass is 9.82. The van der Waals surface area contributed by atoms with E-state index in [1.807, 2.05) is 0 Å². The number of rotatable bonds is 4. The molecular formula is C17H27NO. The van der Waals surface area contributed by atoms with E-state index in [9.17, 15) is 0 Å². The summed E-state index contributed by atoms with van der Waals surface area (Å²) in [6.45, 7) is 9.17. The fraction of sp³-hybridized carbons (Fsp3) is 0.647. The van der Waals surface area contributed by atoms with Crippen LogP contribution in [0.5, 0.6) is 5.75 Å². The van der Waals surface area contributed by atoms with Gasteiger partial charge in [0, 0.05) is 0 Å². The molecule has 1 saturated heterocycles. The maximum atomic E-state index is 5.47. The van der Waals surface area contributed by atoms with Crippen LogP contribution in [0.4, 0.5) is 0 Å². The minimum atomic E-state index is 0.506. The highest BCUT2D eigenvalue weighted by atomic mass is 16.5. The lowest BCUT2D eigenvalue weighted by Gasteiger charge is -2.29. The van der Waals surface area contributed by atoms with E-state index in [1.54, 1.807) is 7.11 Å². The molecule has 1 aromatic rings. The molecule has 0 aliphatic carbocycles. The highest BCUT2D eigenvalue weighted by molar-refractivity contribution is 5.40. The SMILES string of the molecule is COc1ccc(C(C)C2CCCNC2)cc1C(C)C. The number of hydrogen-bond donors (Lipinski definition) is 1. The molecule has 1 aliphatic heterocycles. The third-order valence-corrected chi connectivity index (χ3v) is 4.44. The van der Waals surface area contributed by atoms with Gasteiger partial charge in [-0.15, -0.1) is 0 Å². The predicted octanol–water partition coefficient (Wildman–Crippen LogP) is 3.92. The molecule has 2 unspecified atom stereocenters. The Kier molecular flexibility index (Phi) is 4.87. The van der Waals surface area contributed by atoms with Crippen LogP contribution < -0.4 is 10.1 Å². The fourth-order valence-electron chi connectivity index (χ4n) is 3.06. The molecule has 0 aromatic heterocycles. The second-order valence-electron chi connectivity index (χ2n) is 6.05. The second-order valence-corrected chi connectivity index (χ2v) is 6.05. The number of piperidine rings is 1. The normalized spacial score (nSPS) is 21.4. The first kappa shape index (κ1) is 14.4. The summed E-state index contributed by atoms with van der Waals surface area (Å²) in [5.74, 6) is 2.91. The number of methoxy groups -OCH3 is 1. The molecule has 2 rings (SSSR count). The van der Waals surface area contributed by atoms with Crippen LogP contribution in [0, 0.1) is 5.92 Å². The zero-order valence-corrected chi connectivity index (χ0v) is 12.7. The quantitative estimate of drug-likeness (QED) is 0.887. The van der Waals surface area contributed by atoms with Gasteiger partial charge in [0.1, 0.15) is 5.75 Å². The van der Waals surface area contributed by atoms with Crippen LogP contribution in [-0.2, 0) is 0 Å². The van der Waals surface area contributed by atoms with Crippen LogP contribution in [0.2, 0.25) is 0 Å². The summed E-state index contributed by atoms with van der Waals surface area (Å²) in [4.78, 5) is 0. The van der Waals surface area contributed by atoms with Gasteiger partial charge in [-0.25, -0.2) is 0 Å². The molecular weight excluding hydrogens is 234 g/mol. The fourth-order valence-corrected chi connectivity index (χ4v) is 3.06. The number of nitrogens with one attached hydrogen (secondary N) is 1. The first-order valence-electron chi connectivity index (χ1n) is 7.52. The molecule has 0 radical (unpaired) electrons. The van der Waals surface area contributed by atoms with Gasteiger partial charge in [0.25, 0.3) is 0 Å². The molecule has 0 amide bonds. The van der Waals surface area contributed by atoms with Crippen molar-refractivity contribution in [1.29, 1.82) is 0 Å². The minimum absolute atomic E-state index is 0.506. The summed E-state index contributed by atoms with van der Waals surface area (Å²) in [7, 11) is 1.76. The molecule has 0 saturated carbocycles. The van der Waals surface area contributed by atoms with Crippen LogP contribution in [0.15, 0.2) is 18.2 Å². The van der Waals surface area contributed by atoms with Gasteiger partial charge in [-0.1, -0.05) is 32.9 Å². The molecule has 1 heterocycles. The van der Waals surface area contributed by atoms with Crippen molar-refractivity contribution in [3.05, 3.63) is 29.3 Å². The minimum Gasteiger partial charge on any atom is -0.496 e. The lowest BCUT2D eigenvalue weighted by Crippen LogP contribution is -2.32. The average molecular weight is 261 g/mol. The summed E-state index contributed by atoms with van der Waals surface area (Å²) in [5.41, 5.74) is 2.79. The van der Waals surface area contributed by atoms with E-state index >= 15 is 0 Å². The van der Waals surface area contributed by atoms with Gasteiger partial charge >= 0.3 is 0 Å². The van der Waals surface area contributed by atoms with Gasteiger partial charge in [-0.05, 0) is 60.9 Å². The second kappa shape index (κ2) is 6.42. The van der Waals surface area contributed by atoms with Crippen molar-refractivity contribution in [2.24, 2.45) is 5.92 Å². The van der Waals surface area contributed by atoms with E-state index in [4.69, 9.17) is 4.74 Å². The summed E-state index contributed by atoms with van der Waals surface area (Å²) >= 11 is 0. The van der Waals surface area contributed by atoms with Crippen LogP contribution in [0.1, 0.15) is 56.6 Å². The van der Waals surface area contributed by atoms with Crippen LogP contribution in [0.25, 0.3) is 0 Å². The Morgan fingerprint density at radius 2 is 2.05 bits per heavy atom. The Hall–Kier alpha value is -1.02. The van der Waals surface area contributed by atoms with Gasteiger partial charge < -0.3 is 10.1 Å². The van der Waals surface area contributed by atoms with Gasteiger partial charge in [0.2, 0.25) is 0 Å². The number of benzene rings is 1. The molecule has 1 N–H and O–H groups in total. The van der Waals surface area contributed by atoms with Crippen LogP contribution >= 0.6 is 0 Å². The van der Waals surface area contributed by atoms with Crippen LogP contribution in [0.3, 0.4) is 0 Å². The van der Waals surface area contributed by atoms with Gasteiger partial charge in [-0.3, -0.25) is 0 Å². The van der Waals surface area contributed by atoms with Crippen molar-refractivity contribution in [2.75, 3.05) is 20.2 Å². The Morgan fingerprint density at radius 3 is 2.63 bits per heavy atom. The zero-order chi connectivity index (χ0) is 13.8. The van der Waals surface area contributed by atoms with E-state index < -0.39 is 0 Å². The molecule has 2 nitrogen and oxygen atoms in total. The number of ether oxygens (including phenoxy) is 1. The van der Waals surface area contributed by atoms with Crippen LogP contribution in [-0.4, -0.2) is 20.2 Å². The van der Waals surface area contributed by atoms with Crippen molar-refractivity contribution in [2.45, 2.75) is 45.4 Å². The molecule has 2 heteroatoms. The smallest absolute Gasteiger partial charge is 0.122 e. The van der Waals surface area contributed by atoms with E-state index in [2.05, 4.69) is 44.3 Å². The van der Waals surface area contributed by atoms with Crippen molar-refractivity contribution >= 4 is 0 Å². The number of hydrogen-bond acceptors (Lipinski definition) is 2. The first-order valence-corrected chi connectivity index (χ1v) is 7.52. The zero-order valence-electron chi connectivity index (χ0n) is 12.7. The molecule has 2 atom stereocenters. The standard InChI is InChI=1S/C17H27NO/c1-12(2)16-10-14(7-8-17(16)19-4)13(3)15-6-5-9-18-11-15/h7-8,10,12-13,15,18H,5-6,9,11H2,1-4H3. The summed E-state index contributed by atoms with van der Waals surface area (Å²) in [6.07, 6.45) is 2.65. The van der Waals surface area contributed by atoms with Crippen molar-refractivity contribution in [3.63, 3.8) is 0 Å². The maximum absolute atomic E-state index is 5.47. The Bertz CT molecular complexity index is 408. The van der Waals surface area contributed by atoms with E-state index in [0.717, 1.165) is 18.2 Å². The third-order valence-electron chi connectivity index (χ3n) is 4.44. The summed E-state index contributed by atoms with van der Waals surface area (Å²) < 4.78 is 5.47. The van der Waals surface area contributed by atoms with E-state index in [-0.39, 0.29) is 0 Å². The van der Waals surface area contributed by atoms with Crippen molar-refractivity contribution in [1.82, 2.24) is 5.32 Å².